The van der Waals surface area contributed by atoms with Gasteiger partial charge in [0.25, 0.3) is 10.2 Å². The molecule has 0 aromatic carbocycles. The Morgan fingerprint density at radius 1 is 1.26 bits per heavy atom. The molecule has 0 spiro atoms. The van der Waals surface area contributed by atoms with Gasteiger partial charge in [0.1, 0.15) is 0 Å². The Balaban J connectivity index is 1.96. The number of nitrogens with zero attached hydrogens (tertiary/aromatic N) is 3. The Morgan fingerprint density at radius 3 is 2.37 bits per heavy atom. The standard InChI is InChI=1S/C12H21N3O2S2/c1-11(12-5-4-10-18-12)14-6-8-15(9-7-14)19(16,17)13(2)3/h4-5,10-11H,6-9H2,1-3H3. The zero-order chi connectivity index (χ0) is 14.0. The van der Waals surface area contributed by atoms with Crippen molar-refractivity contribution in [3.8, 4) is 0 Å². The van der Waals surface area contributed by atoms with Crippen molar-refractivity contribution < 1.29 is 8.42 Å². The lowest BCUT2D eigenvalue weighted by Gasteiger charge is -2.37. The predicted octanol–water partition coefficient (Wildman–Crippen LogP) is 1.23. The molecular weight excluding hydrogens is 282 g/mol. The van der Waals surface area contributed by atoms with Crippen molar-refractivity contribution in [3.05, 3.63) is 22.4 Å². The lowest BCUT2D eigenvalue weighted by molar-refractivity contribution is 0.144. The minimum absolute atomic E-state index is 0.365. The van der Waals surface area contributed by atoms with E-state index in [1.807, 2.05) is 0 Å². The molecule has 2 heterocycles. The van der Waals surface area contributed by atoms with Crippen LogP contribution in [0.15, 0.2) is 17.5 Å². The zero-order valence-corrected chi connectivity index (χ0v) is 13.2. The van der Waals surface area contributed by atoms with Crippen molar-refractivity contribution in [2.75, 3.05) is 40.3 Å². The maximum atomic E-state index is 12.0. The summed E-state index contributed by atoms with van der Waals surface area (Å²) in [6, 6.07) is 4.56. The highest BCUT2D eigenvalue weighted by atomic mass is 32.2. The molecule has 0 N–H and O–H groups in total. The third-order valence-corrected chi connectivity index (χ3v) is 6.55. The summed E-state index contributed by atoms with van der Waals surface area (Å²) in [5, 5.41) is 2.08. The molecule has 0 amide bonds. The van der Waals surface area contributed by atoms with E-state index >= 15 is 0 Å². The van der Waals surface area contributed by atoms with Gasteiger partial charge >= 0.3 is 0 Å². The van der Waals surface area contributed by atoms with Crippen LogP contribution < -0.4 is 0 Å². The lowest BCUT2D eigenvalue weighted by Crippen LogP contribution is -2.51. The van der Waals surface area contributed by atoms with Crippen LogP contribution in [-0.2, 0) is 10.2 Å². The molecule has 0 radical (unpaired) electrons. The quantitative estimate of drug-likeness (QED) is 0.840. The number of thiophene rings is 1. The van der Waals surface area contributed by atoms with E-state index in [9.17, 15) is 8.42 Å². The molecule has 1 atom stereocenters. The zero-order valence-electron chi connectivity index (χ0n) is 11.6. The molecule has 0 aliphatic carbocycles. The average molecular weight is 303 g/mol. The van der Waals surface area contributed by atoms with E-state index in [-0.39, 0.29) is 0 Å². The van der Waals surface area contributed by atoms with Crippen LogP contribution in [0.5, 0.6) is 0 Å². The Kier molecular flexibility index (Phi) is 4.62. The minimum atomic E-state index is -3.26. The topological polar surface area (TPSA) is 43.9 Å². The van der Waals surface area contributed by atoms with Gasteiger partial charge in [-0.05, 0) is 18.4 Å². The van der Waals surface area contributed by atoms with Crippen molar-refractivity contribution in [1.29, 1.82) is 0 Å². The summed E-state index contributed by atoms with van der Waals surface area (Å²) in [6.07, 6.45) is 0. The van der Waals surface area contributed by atoms with Crippen molar-refractivity contribution in [1.82, 2.24) is 13.5 Å². The van der Waals surface area contributed by atoms with Gasteiger partial charge in [0.2, 0.25) is 0 Å². The van der Waals surface area contributed by atoms with Crippen molar-refractivity contribution >= 4 is 21.5 Å². The molecule has 108 valence electrons. The van der Waals surface area contributed by atoms with Crippen LogP contribution in [0.2, 0.25) is 0 Å². The highest BCUT2D eigenvalue weighted by molar-refractivity contribution is 7.86. The molecule has 0 bridgehead atoms. The van der Waals surface area contributed by atoms with E-state index in [1.54, 1.807) is 29.7 Å². The highest BCUT2D eigenvalue weighted by Crippen LogP contribution is 2.25. The molecule has 1 aromatic heterocycles. The Bertz CT molecular complexity index is 491. The van der Waals surface area contributed by atoms with Gasteiger partial charge in [-0.15, -0.1) is 11.3 Å². The van der Waals surface area contributed by atoms with Gasteiger partial charge in [0.05, 0.1) is 0 Å². The molecule has 5 nitrogen and oxygen atoms in total. The summed E-state index contributed by atoms with van der Waals surface area (Å²) in [5.74, 6) is 0. The van der Waals surface area contributed by atoms with Crippen molar-refractivity contribution in [3.63, 3.8) is 0 Å². The first kappa shape index (κ1) is 14.9. The predicted molar refractivity (Wildman–Crippen MR) is 78.5 cm³/mol. The van der Waals surface area contributed by atoms with Crippen LogP contribution in [0, 0.1) is 0 Å². The molecule has 2 rings (SSSR count). The average Bonchev–Trinajstić information content (AvgIpc) is 2.91. The van der Waals surface area contributed by atoms with Gasteiger partial charge in [-0.25, -0.2) is 0 Å². The van der Waals surface area contributed by atoms with Crippen molar-refractivity contribution in [2.45, 2.75) is 13.0 Å². The summed E-state index contributed by atoms with van der Waals surface area (Å²) in [7, 11) is -0.102. The first-order valence-electron chi connectivity index (χ1n) is 6.38. The second-order valence-electron chi connectivity index (χ2n) is 4.92. The second-order valence-corrected chi connectivity index (χ2v) is 8.04. The fourth-order valence-corrected chi connectivity index (χ4v) is 4.17. The summed E-state index contributed by atoms with van der Waals surface area (Å²) in [6.45, 7) is 4.88. The van der Waals surface area contributed by atoms with Crippen LogP contribution in [-0.4, -0.2) is 62.2 Å². The van der Waals surface area contributed by atoms with Crippen LogP contribution in [0.3, 0.4) is 0 Å². The maximum Gasteiger partial charge on any atom is 0.281 e. The summed E-state index contributed by atoms with van der Waals surface area (Å²) in [4.78, 5) is 3.68. The fraction of sp³-hybridized carbons (Fsp3) is 0.667. The molecule has 1 unspecified atom stereocenters. The maximum absolute atomic E-state index is 12.0. The first-order chi connectivity index (χ1) is 8.93. The van der Waals surface area contributed by atoms with E-state index in [0.29, 0.717) is 19.1 Å². The minimum Gasteiger partial charge on any atom is -0.293 e. The number of hydrogen-bond acceptors (Lipinski definition) is 4. The monoisotopic (exact) mass is 303 g/mol. The Labute approximate surface area is 119 Å². The van der Waals surface area contributed by atoms with Crippen LogP contribution >= 0.6 is 11.3 Å². The van der Waals surface area contributed by atoms with E-state index in [2.05, 4.69) is 29.3 Å². The molecule has 1 aliphatic rings. The van der Waals surface area contributed by atoms with E-state index < -0.39 is 10.2 Å². The smallest absolute Gasteiger partial charge is 0.281 e. The van der Waals surface area contributed by atoms with Gasteiger partial charge in [0, 0.05) is 51.2 Å². The summed E-state index contributed by atoms with van der Waals surface area (Å²) in [5.41, 5.74) is 0. The first-order valence-corrected chi connectivity index (χ1v) is 8.65. The largest absolute Gasteiger partial charge is 0.293 e. The number of rotatable bonds is 4. The molecule has 1 fully saturated rings. The van der Waals surface area contributed by atoms with E-state index in [1.165, 1.54) is 9.18 Å². The molecule has 1 aromatic rings. The van der Waals surface area contributed by atoms with Gasteiger partial charge in [0.15, 0.2) is 0 Å². The summed E-state index contributed by atoms with van der Waals surface area (Å²) < 4.78 is 26.9. The third-order valence-electron chi connectivity index (χ3n) is 3.56. The Morgan fingerprint density at radius 2 is 1.89 bits per heavy atom. The van der Waals surface area contributed by atoms with Gasteiger partial charge < -0.3 is 0 Å². The normalized spacial score (nSPS) is 20.8. The highest BCUT2D eigenvalue weighted by Gasteiger charge is 2.30. The molecule has 0 saturated carbocycles. The van der Waals surface area contributed by atoms with Crippen LogP contribution in [0.4, 0.5) is 0 Å². The molecule has 1 saturated heterocycles. The molecule has 1 aliphatic heterocycles. The van der Waals surface area contributed by atoms with Gasteiger partial charge in [-0.1, -0.05) is 6.07 Å². The van der Waals surface area contributed by atoms with Gasteiger partial charge in [-0.2, -0.15) is 17.0 Å². The SMILES string of the molecule is CC(c1cccs1)N1CCN(S(=O)(=O)N(C)C)CC1. The molecule has 7 heteroatoms. The molecular formula is C12H21N3O2S2. The summed E-state index contributed by atoms with van der Waals surface area (Å²) >= 11 is 1.75. The fourth-order valence-electron chi connectivity index (χ4n) is 2.26. The lowest BCUT2D eigenvalue weighted by atomic mass is 10.2. The van der Waals surface area contributed by atoms with Crippen LogP contribution in [0.1, 0.15) is 17.8 Å². The Hall–Kier alpha value is -0.470. The molecule has 19 heavy (non-hydrogen) atoms. The van der Waals surface area contributed by atoms with Gasteiger partial charge in [-0.3, -0.25) is 4.90 Å². The second kappa shape index (κ2) is 5.88. The third kappa shape index (κ3) is 3.17. The van der Waals surface area contributed by atoms with E-state index in [4.69, 9.17) is 0 Å². The van der Waals surface area contributed by atoms with E-state index in [0.717, 1.165) is 13.1 Å². The number of piperazine rings is 1. The van der Waals surface area contributed by atoms with Crippen LogP contribution in [0.25, 0.3) is 0 Å². The number of hydrogen-bond donors (Lipinski definition) is 0. The van der Waals surface area contributed by atoms with Crippen molar-refractivity contribution in [2.24, 2.45) is 0 Å².